The van der Waals surface area contributed by atoms with Crippen molar-refractivity contribution in [3.8, 4) is 0 Å². The van der Waals surface area contributed by atoms with Crippen molar-refractivity contribution in [3.05, 3.63) is 64.3 Å². The van der Waals surface area contributed by atoms with Gasteiger partial charge in [-0.2, -0.15) is 5.10 Å². The van der Waals surface area contributed by atoms with Gasteiger partial charge >= 0.3 is 0 Å². The van der Waals surface area contributed by atoms with Crippen molar-refractivity contribution in [2.24, 2.45) is 0 Å². The van der Waals surface area contributed by atoms with E-state index in [9.17, 15) is 9.18 Å². The standard InChI is InChI=1S/C17H14ClFN4O/c1-10-12-3-2-4-14(19)13(12)5-6-22(10)17(24)15-7-16-20-8-11(18)9-23(16)21-15/h2-4,7-10H,5-6H2,1H3. The zero-order valence-electron chi connectivity index (χ0n) is 12.9. The number of aromatic nitrogens is 3. The van der Waals surface area contributed by atoms with Crippen LogP contribution in [0.5, 0.6) is 0 Å². The van der Waals surface area contributed by atoms with E-state index in [1.807, 2.05) is 13.0 Å². The molecule has 3 aromatic rings. The monoisotopic (exact) mass is 344 g/mol. The van der Waals surface area contributed by atoms with E-state index < -0.39 is 0 Å². The molecule has 1 unspecified atom stereocenters. The van der Waals surface area contributed by atoms with Gasteiger partial charge in [0.2, 0.25) is 0 Å². The molecule has 0 radical (unpaired) electrons. The minimum atomic E-state index is -0.210. The number of carbonyl (C=O) groups excluding carboxylic acids is 1. The molecule has 0 aliphatic carbocycles. The van der Waals surface area contributed by atoms with Crippen LogP contribution < -0.4 is 0 Å². The summed E-state index contributed by atoms with van der Waals surface area (Å²) < 4.78 is 15.4. The van der Waals surface area contributed by atoms with Gasteiger partial charge in [-0.25, -0.2) is 13.9 Å². The number of hydrogen-bond donors (Lipinski definition) is 0. The van der Waals surface area contributed by atoms with Crippen molar-refractivity contribution < 1.29 is 9.18 Å². The Kier molecular flexibility index (Phi) is 3.49. The Morgan fingerprint density at radius 2 is 2.25 bits per heavy atom. The molecule has 0 fully saturated rings. The predicted molar refractivity (Wildman–Crippen MR) is 87.6 cm³/mol. The molecule has 0 saturated carbocycles. The highest BCUT2D eigenvalue weighted by molar-refractivity contribution is 6.30. The maximum absolute atomic E-state index is 13.9. The molecule has 1 aliphatic rings. The van der Waals surface area contributed by atoms with Gasteiger partial charge in [-0.3, -0.25) is 4.79 Å². The first-order valence-corrected chi connectivity index (χ1v) is 8.01. The minimum absolute atomic E-state index is 0.195. The third-order valence-corrected chi connectivity index (χ3v) is 4.63. The number of nitrogens with zero attached hydrogens (tertiary/aromatic N) is 4. The average Bonchev–Trinajstić information content (AvgIpc) is 2.98. The third kappa shape index (κ3) is 2.34. The SMILES string of the molecule is CC1c2cccc(F)c2CCN1C(=O)c1cc2ncc(Cl)cn2n1. The van der Waals surface area contributed by atoms with Crippen molar-refractivity contribution in [2.45, 2.75) is 19.4 Å². The summed E-state index contributed by atoms with van der Waals surface area (Å²) in [6.45, 7) is 2.36. The number of benzene rings is 1. The van der Waals surface area contributed by atoms with Crippen molar-refractivity contribution >= 4 is 23.2 Å². The van der Waals surface area contributed by atoms with Crippen LogP contribution in [0.1, 0.15) is 34.6 Å². The van der Waals surface area contributed by atoms with Gasteiger partial charge in [-0.15, -0.1) is 0 Å². The van der Waals surface area contributed by atoms with Crippen molar-refractivity contribution in [1.82, 2.24) is 19.5 Å². The number of halogens is 2. The highest BCUT2D eigenvalue weighted by Gasteiger charge is 2.30. The Balaban J connectivity index is 1.69. The zero-order valence-corrected chi connectivity index (χ0v) is 13.7. The lowest BCUT2D eigenvalue weighted by Gasteiger charge is -2.35. The van der Waals surface area contributed by atoms with Crippen LogP contribution in [0.15, 0.2) is 36.7 Å². The molecule has 7 heteroatoms. The van der Waals surface area contributed by atoms with Gasteiger partial charge in [0, 0.05) is 18.8 Å². The molecular weight excluding hydrogens is 331 g/mol. The van der Waals surface area contributed by atoms with Gasteiger partial charge in [0.1, 0.15) is 5.82 Å². The van der Waals surface area contributed by atoms with Crippen LogP contribution in [0.2, 0.25) is 5.02 Å². The summed E-state index contributed by atoms with van der Waals surface area (Å²) in [5.41, 5.74) is 2.40. The maximum atomic E-state index is 13.9. The molecule has 1 atom stereocenters. The molecule has 4 rings (SSSR count). The molecule has 0 spiro atoms. The summed E-state index contributed by atoms with van der Waals surface area (Å²) in [6.07, 6.45) is 3.61. The lowest BCUT2D eigenvalue weighted by atomic mass is 9.93. The predicted octanol–water partition coefficient (Wildman–Crippen LogP) is 3.28. The quantitative estimate of drug-likeness (QED) is 0.680. The smallest absolute Gasteiger partial charge is 0.274 e. The van der Waals surface area contributed by atoms with E-state index in [1.165, 1.54) is 16.8 Å². The fourth-order valence-corrected chi connectivity index (χ4v) is 3.35. The van der Waals surface area contributed by atoms with Gasteiger partial charge in [-0.1, -0.05) is 23.7 Å². The third-order valence-electron chi connectivity index (χ3n) is 4.44. The molecule has 1 amide bonds. The number of hydrogen-bond acceptors (Lipinski definition) is 3. The highest BCUT2D eigenvalue weighted by atomic mass is 35.5. The first-order valence-electron chi connectivity index (χ1n) is 7.64. The number of rotatable bonds is 1. The lowest BCUT2D eigenvalue weighted by Crippen LogP contribution is -2.39. The Morgan fingerprint density at radius 1 is 1.42 bits per heavy atom. The first kappa shape index (κ1) is 15.1. The van der Waals surface area contributed by atoms with Gasteiger partial charge in [0.25, 0.3) is 5.91 Å². The van der Waals surface area contributed by atoms with E-state index in [-0.39, 0.29) is 17.8 Å². The normalized spacial score (nSPS) is 17.1. The lowest BCUT2D eigenvalue weighted by molar-refractivity contribution is 0.0669. The van der Waals surface area contributed by atoms with Crippen LogP contribution in [0, 0.1) is 5.82 Å². The van der Waals surface area contributed by atoms with E-state index >= 15 is 0 Å². The van der Waals surface area contributed by atoms with Crippen molar-refractivity contribution in [1.29, 1.82) is 0 Å². The van der Waals surface area contributed by atoms with Crippen LogP contribution in [-0.2, 0) is 6.42 Å². The Hall–Kier alpha value is -2.47. The van der Waals surface area contributed by atoms with E-state index in [4.69, 9.17) is 11.6 Å². The van der Waals surface area contributed by atoms with Crippen LogP contribution in [0.25, 0.3) is 5.65 Å². The van der Waals surface area contributed by atoms with E-state index in [2.05, 4.69) is 10.1 Å². The number of carbonyl (C=O) groups is 1. The summed E-state index contributed by atoms with van der Waals surface area (Å²) in [5, 5.41) is 4.71. The van der Waals surface area contributed by atoms with E-state index in [0.717, 1.165) is 5.56 Å². The molecule has 0 bridgehead atoms. The molecule has 1 aliphatic heterocycles. The van der Waals surface area contributed by atoms with Crippen molar-refractivity contribution in [2.75, 3.05) is 6.54 Å². The molecule has 1 aromatic carbocycles. The summed E-state index contributed by atoms with van der Waals surface area (Å²) in [7, 11) is 0. The second kappa shape index (κ2) is 5.56. The Morgan fingerprint density at radius 3 is 3.08 bits per heavy atom. The molecule has 3 heterocycles. The largest absolute Gasteiger partial charge is 0.330 e. The fourth-order valence-electron chi connectivity index (χ4n) is 3.21. The molecule has 0 N–H and O–H groups in total. The zero-order chi connectivity index (χ0) is 16.8. The summed E-state index contributed by atoms with van der Waals surface area (Å²) >= 11 is 5.90. The summed E-state index contributed by atoms with van der Waals surface area (Å²) in [5.74, 6) is -0.406. The molecule has 122 valence electrons. The average molecular weight is 345 g/mol. The van der Waals surface area contributed by atoms with Gasteiger partial charge < -0.3 is 4.90 Å². The molecule has 2 aromatic heterocycles. The van der Waals surface area contributed by atoms with Gasteiger partial charge in [-0.05, 0) is 30.5 Å². The van der Waals surface area contributed by atoms with Crippen LogP contribution in [0.4, 0.5) is 4.39 Å². The minimum Gasteiger partial charge on any atom is -0.330 e. The second-order valence-electron chi connectivity index (χ2n) is 5.84. The number of fused-ring (bicyclic) bond motifs is 2. The van der Waals surface area contributed by atoms with Gasteiger partial charge in [0.15, 0.2) is 11.3 Å². The summed E-state index contributed by atoms with van der Waals surface area (Å²) in [4.78, 5) is 18.7. The highest BCUT2D eigenvalue weighted by Crippen LogP contribution is 2.31. The summed E-state index contributed by atoms with van der Waals surface area (Å²) in [6, 6.07) is 6.43. The fraction of sp³-hybridized carbons (Fsp3) is 0.235. The van der Waals surface area contributed by atoms with Crippen LogP contribution in [0.3, 0.4) is 0 Å². The maximum Gasteiger partial charge on any atom is 0.274 e. The topological polar surface area (TPSA) is 50.5 Å². The number of amides is 1. The van der Waals surface area contributed by atoms with Gasteiger partial charge in [0.05, 0.1) is 17.3 Å². The molecule has 24 heavy (non-hydrogen) atoms. The van der Waals surface area contributed by atoms with Crippen LogP contribution in [-0.4, -0.2) is 31.9 Å². The Bertz CT molecular complexity index is 955. The van der Waals surface area contributed by atoms with E-state index in [0.29, 0.717) is 34.9 Å². The second-order valence-corrected chi connectivity index (χ2v) is 6.27. The molecular formula is C17H14ClFN4O. The molecule has 5 nitrogen and oxygen atoms in total. The Labute approximate surface area is 142 Å². The van der Waals surface area contributed by atoms with Crippen molar-refractivity contribution in [3.63, 3.8) is 0 Å². The van der Waals surface area contributed by atoms with Crippen LogP contribution >= 0.6 is 11.6 Å². The molecule has 0 saturated heterocycles. The van der Waals surface area contributed by atoms with E-state index in [1.54, 1.807) is 23.2 Å². The first-order chi connectivity index (χ1) is 11.5.